The molecule has 0 unspecified atom stereocenters. The molecule has 0 bridgehead atoms. The largest absolute Gasteiger partial charge is 0.478 e. The van der Waals surface area contributed by atoms with E-state index in [1.807, 2.05) is 31.2 Å². The minimum Gasteiger partial charge on any atom is -0.478 e. The molecule has 0 radical (unpaired) electrons. The number of hydrogen-bond donors (Lipinski definition) is 2. The molecule has 6 heteroatoms. The number of nitrogens with one attached hydrogen (secondary N) is 2. The first-order chi connectivity index (χ1) is 11.5. The van der Waals surface area contributed by atoms with Crippen molar-refractivity contribution in [2.45, 2.75) is 25.5 Å². The smallest absolute Gasteiger partial charge is 0.266 e. The van der Waals surface area contributed by atoms with Gasteiger partial charge in [0.1, 0.15) is 5.75 Å². The molecular formula is C18H17ClN2O3. The summed E-state index contributed by atoms with van der Waals surface area (Å²) in [6.45, 7) is 1.86. The molecule has 1 aliphatic heterocycles. The van der Waals surface area contributed by atoms with Crippen molar-refractivity contribution in [2.75, 3.05) is 5.32 Å². The van der Waals surface area contributed by atoms with Gasteiger partial charge in [0.05, 0.1) is 18.2 Å². The fourth-order valence-electron chi connectivity index (χ4n) is 2.56. The average molecular weight is 345 g/mol. The lowest BCUT2D eigenvalue weighted by Crippen LogP contribution is -2.41. The van der Waals surface area contributed by atoms with Crippen LogP contribution in [0.15, 0.2) is 48.5 Å². The summed E-state index contributed by atoms with van der Waals surface area (Å²) in [5, 5.41) is 6.22. The number of benzene rings is 2. The number of hydrogen-bond acceptors (Lipinski definition) is 3. The molecule has 24 heavy (non-hydrogen) atoms. The third kappa shape index (κ3) is 3.68. The van der Waals surface area contributed by atoms with Gasteiger partial charge in [-0.3, -0.25) is 9.59 Å². The summed E-state index contributed by atoms with van der Waals surface area (Å²) < 4.78 is 5.63. The number of para-hydroxylation sites is 2. The van der Waals surface area contributed by atoms with Crippen LogP contribution in [0.5, 0.6) is 5.75 Å². The molecule has 2 atom stereocenters. The zero-order chi connectivity index (χ0) is 17.1. The van der Waals surface area contributed by atoms with E-state index in [1.165, 1.54) is 0 Å². The summed E-state index contributed by atoms with van der Waals surface area (Å²) in [5.74, 6) is -0.0148. The van der Waals surface area contributed by atoms with Gasteiger partial charge in [-0.1, -0.05) is 35.9 Å². The highest BCUT2D eigenvalue weighted by molar-refractivity contribution is 6.30. The second-order valence-electron chi connectivity index (χ2n) is 5.64. The van der Waals surface area contributed by atoms with Crippen molar-refractivity contribution < 1.29 is 14.3 Å². The van der Waals surface area contributed by atoms with Crippen molar-refractivity contribution in [1.29, 1.82) is 0 Å². The van der Waals surface area contributed by atoms with Gasteiger partial charge in [0.15, 0.2) is 6.10 Å². The van der Waals surface area contributed by atoms with E-state index in [2.05, 4.69) is 10.6 Å². The van der Waals surface area contributed by atoms with Crippen LogP contribution < -0.4 is 15.4 Å². The second kappa shape index (κ2) is 6.93. The van der Waals surface area contributed by atoms with Gasteiger partial charge in [-0.2, -0.15) is 0 Å². The highest BCUT2D eigenvalue weighted by Gasteiger charge is 2.29. The lowest BCUT2D eigenvalue weighted by atomic mass is 10.1. The number of rotatable bonds is 4. The second-order valence-corrected chi connectivity index (χ2v) is 6.08. The molecule has 0 fully saturated rings. The molecular weight excluding hydrogens is 328 g/mol. The van der Waals surface area contributed by atoms with Crippen LogP contribution in [0, 0.1) is 0 Å². The molecule has 0 aromatic heterocycles. The summed E-state index contributed by atoms with van der Waals surface area (Å²) in [7, 11) is 0. The Balaban J connectivity index is 1.62. The van der Waals surface area contributed by atoms with Gasteiger partial charge in [0, 0.05) is 5.02 Å². The van der Waals surface area contributed by atoms with Crippen LogP contribution >= 0.6 is 11.6 Å². The maximum Gasteiger partial charge on any atom is 0.266 e. The molecule has 0 saturated heterocycles. The van der Waals surface area contributed by atoms with Gasteiger partial charge in [0.25, 0.3) is 5.91 Å². The first-order valence-corrected chi connectivity index (χ1v) is 8.02. The Labute approximate surface area is 145 Å². The number of ether oxygens (including phenoxy) is 1. The molecule has 124 valence electrons. The van der Waals surface area contributed by atoms with Crippen LogP contribution in [0.3, 0.4) is 0 Å². The topological polar surface area (TPSA) is 67.4 Å². The highest BCUT2D eigenvalue weighted by Crippen LogP contribution is 2.29. The molecule has 2 aromatic rings. The van der Waals surface area contributed by atoms with Crippen molar-refractivity contribution in [1.82, 2.24) is 5.32 Å². The molecule has 2 amide bonds. The Kier molecular flexibility index (Phi) is 4.71. The fourth-order valence-corrected chi connectivity index (χ4v) is 2.75. The Morgan fingerprint density at radius 3 is 2.88 bits per heavy atom. The van der Waals surface area contributed by atoms with E-state index in [1.54, 1.807) is 24.3 Å². The van der Waals surface area contributed by atoms with Crippen molar-refractivity contribution in [3.05, 3.63) is 59.1 Å². The van der Waals surface area contributed by atoms with Gasteiger partial charge in [-0.05, 0) is 36.8 Å². The Hall–Kier alpha value is -2.53. The van der Waals surface area contributed by atoms with Crippen LogP contribution in [0.25, 0.3) is 0 Å². The van der Waals surface area contributed by atoms with Crippen LogP contribution in [0.2, 0.25) is 5.02 Å². The van der Waals surface area contributed by atoms with E-state index >= 15 is 0 Å². The van der Waals surface area contributed by atoms with Crippen molar-refractivity contribution in [3.63, 3.8) is 0 Å². The maximum atomic E-state index is 12.2. The predicted molar refractivity (Wildman–Crippen MR) is 92.1 cm³/mol. The van der Waals surface area contributed by atoms with E-state index in [4.69, 9.17) is 16.3 Å². The standard InChI is InChI=1S/C18H17ClN2O3/c1-11(12-5-4-6-13(19)9-12)20-17(22)10-16-18(23)21-14-7-2-3-8-15(14)24-16/h2-9,11,16H,10H2,1H3,(H,20,22)(H,21,23)/t11-,16+/m1/s1. The molecule has 2 N–H and O–H groups in total. The van der Waals surface area contributed by atoms with E-state index in [-0.39, 0.29) is 24.3 Å². The number of anilines is 1. The molecule has 2 aromatic carbocycles. The number of carbonyl (C=O) groups excluding carboxylic acids is 2. The van der Waals surface area contributed by atoms with Gasteiger partial charge < -0.3 is 15.4 Å². The van der Waals surface area contributed by atoms with Crippen LogP contribution in [0.4, 0.5) is 5.69 Å². The first kappa shape index (κ1) is 16.3. The minimum atomic E-state index is -0.841. The number of amides is 2. The minimum absolute atomic E-state index is 0.0505. The normalized spacial score (nSPS) is 17.2. The number of halogens is 1. The predicted octanol–water partition coefficient (Wildman–Crippen LogP) is 3.31. The zero-order valence-corrected chi connectivity index (χ0v) is 13.8. The molecule has 0 spiro atoms. The lowest BCUT2D eigenvalue weighted by Gasteiger charge is -2.26. The van der Waals surface area contributed by atoms with Gasteiger partial charge in [0.2, 0.25) is 5.91 Å². The molecule has 5 nitrogen and oxygen atoms in total. The highest BCUT2D eigenvalue weighted by atomic mass is 35.5. The van der Waals surface area contributed by atoms with Gasteiger partial charge >= 0.3 is 0 Å². The van der Waals surface area contributed by atoms with E-state index in [9.17, 15) is 9.59 Å². The van der Waals surface area contributed by atoms with Gasteiger partial charge in [-0.25, -0.2) is 0 Å². The van der Waals surface area contributed by atoms with Crippen molar-refractivity contribution in [3.8, 4) is 5.75 Å². The summed E-state index contributed by atoms with van der Waals surface area (Å²) in [6, 6.07) is 14.2. The average Bonchev–Trinajstić information content (AvgIpc) is 2.55. The third-order valence-electron chi connectivity index (χ3n) is 3.80. The SMILES string of the molecule is C[C@@H](NC(=O)C[C@@H]1Oc2ccccc2NC1=O)c1cccc(Cl)c1. The monoisotopic (exact) mass is 344 g/mol. The first-order valence-electron chi connectivity index (χ1n) is 7.64. The van der Waals surface area contributed by atoms with Crippen LogP contribution in [0.1, 0.15) is 24.9 Å². The zero-order valence-electron chi connectivity index (χ0n) is 13.1. The van der Waals surface area contributed by atoms with E-state index in [0.717, 1.165) is 5.56 Å². The Morgan fingerprint density at radius 1 is 1.29 bits per heavy atom. The Morgan fingerprint density at radius 2 is 2.08 bits per heavy atom. The molecule has 3 rings (SSSR count). The van der Waals surface area contributed by atoms with Crippen molar-refractivity contribution >= 4 is 29.1 Å². The number of carbonyl (C=O) groups is 2. The fraction of sp³-hybridized carbons (Fsp3) is 0.222. The van der Waals surface area contributed by atoms with Crippen LogP contribution in [-0.4, -0.2) is 17.9 Å². The lowest BCUT2D eigenvalue weighted by molar-refractivity contribution is -0.130. The third-order valence-corrected chi connectivity index (χ3v) is 4.04. The van der Waals surface area contributed by atoms with E-state index in [0.29, 0.717) is 16.5 Å². The summed E-state index contributed by atoms with van der Waals surface area (Å²) in [6.07, 6.45) is -0.892. The van der Waals surface area contributed by atoms with Crippen molar-refractivity contribution in [2.24, 2.45) is 0 Å². The maximum absolute atomic E-state index is 12.2. The molecule has 1 heterocycles. The van der Waals surface area contributed by atoms with Gasteiger partial charge in [-0.15, -0.1) is 0 Å². The Bertz CT molecular complexity index is 778. The van der Waals surface area contributed by atoms with Crippen LogP contribution in [-0.2, 0) is 9.59 Å². The molecule has 1 aliphatic rings. The molecule has 0 aliphatic carbocycles. The quantitative estimate of drug-likeness (QED) is 0.894. The number of fused-ring (bicyclic) bond motifs is 1. The molecule has 0 saturated carbocycles. The summed E-state index contributed by atoms with van der Waals surface area (Å²) in [4.78, 5) is 24.3. The summed E-state index contributed by atoms with van der Waals surface area (Å²) in [5.41, 5.74) is 1.52. The summed E-state index contributed by atoms with van der Waals surface area (Å²) >= 11 is 5.96. The van der Waals surface area contributed by atoms with E-state index < -0.39 is 6.10 Å².